The van der Waals surface area contributed by atoms with Crippen LogP contribution in [-0.2, 0) is 32.6 Å². The van der Waals surface area contributed by atoms with Crippen molar-refractivity contribution in [3.63, 3.8) is 0 Å². The molecule has 3 aromatic rings. The van der Waals surface area contributed by atoms with E-state index < -0.39 is 0 Å². The molecule has 0 saturated heterocycles. The molecular formula is C22H26N4O2. The summed E-state index contributed by atoms with van der Waals surface area (Å²) in [5.74, 6) is 1.10. The molecule has 2 aromatic heterocycles. The lowest BCUT2D eigenvalue weighted by Crippen LogP contribution is -2.29. The fourth-order valence-corrected chi connectivity index (χ4v) is 3.68. The van der Waals surface area contributed by atoms with Crippen LogP contribution in [0.1, 0.15) is 39.9 Å². The second-order valence-corrected chi connectivity index (χ2v) is 7.36. The topological polar surface area (TPSA) is 54.5 Å². The van der Waals surface area contributed by atoms with Gasteiger partial charge in [-0.25, -0.2) is 0 Å². The van der Waals surface area contributed by atoms with Crippen molar-refractivity contribution in [1.29, 1.82) is 0 Å². The van der Waals surface area contributed by atoms with Crippen molar-refractivity contribution in [3.05, 3.63) is 77.0 Å². The zero-order chi connectivity index (χ0) is 19.5. The van der Waals surface area contributed by atoms with E-state index in [-0.39, 0.29) is 5.91 Å². The van der Waals surface area contributed by atoms with E-state index in [0.29, 0.717) is 18.8 Å². The van der Waals surface area contributed by atoms with E-state index in [9.17, 15) is 4.79 Å². The first-order valence-electron chi connectivity index (χ1n) is 9.77. The summed E-state index contributed by atoms with van der Waals surface area (Å²) in [6, 6.07) is 12.3. The maximum atomic E-state index is 12.7. The van der Waals surface area contributed by atoms with Gasteiger partial charge in [0.1, 0.15) is 5.76 Å². The molecule has 0 N–H and O–H groups in total. The lowest BCUT2D eigenvalue weighted by Gasteiger charge is -2.27. The van der Waals surface area contributed by atoms with Gasteiger partial charge in [0.05, 0.1) is 12.7 Å². The van der Waals surface area contributed by atoms with Crippen LogP contribution in [0.15, 0.2) is 53.2 Å². The number of carbonyl (C=O) groups is 1. The van der Waals surface area contributed by atoms with Gasteiger partial charge in [-0.15, -0.1) is 0 Å². The van der Waals surface area contributed by atoms with Crippen molar-refractivity contribution < 1.29 is 9.21 Å². The van der Waals surface area contributed by atoms with E-state index in [1.807, 2.05) is 23.9 Å². The number of hydrogen-bond donors (Lipinski definition) is 0. The Kier molecular flexibility index (Phi) is 5.30. The van der Waals surface area contributed by atoms with E-state index in [0.717, 1.165) is 37.4 Å². The Morgan fingerprint density at radius 1 is 1.21 bits per heavy atom. The summed E-state index contributed by atoms with van der Waals surface area (Å²) in [6.07, 6.45) is 4.82. The molecule has 6 heteroatoms. The number of benzene rings is 1. The molecule has 6 nitrogen and oxygen atoms in total. The quantitative estimate of drug-likeness (QED) is 0.660. The summed E-state index contributed by atoms with van der Waals surface area (Å²) in [5.41, 5.74) is 3.82. The minimum atomic E-state index is -0.112. The Balaban J connectivity index is 1.36. The van der Waals surface area contributed by atoms with Crippen molar-refractivity contribution in [1.82, 2.24) is 19.6 Å². The van der Waals surface area contributed by atoms with Crippen LogP contribution in [0.25, 0.3) is 0 Å². The van der Waals surface area contributed by atoms with Crippen LogP contribution in [0.5, 0.6) is 0 Å². The van der Waals surface area contributed by atoms with Crippen molar-refractivity contribution in [3.8, 4) is 0 Å². The number of fused-ring (bicyclic) bond motifs is 1. The van der Waals surface area contributed by atoms with E-state index in [2.05, 4.69) is 34.3 Å². The minimum absolute atomic E-state index is 0.112. The number of amides is 1. The van der Waals surface area contributed by atoms with Gasteiger partial charge in [0.2, 0.25) is 0 Å². The molecule has 146 valence electrons. The zero-order valence-corrected chi connectivity index (χ0v) is 16.5. The smallest absolute Gasteiger partial charge is 0.289 e. The molecular weight excluding hydrogens is 352 g/mol. The van der Waals surface area contributed by atoms with Crippen molar-refractivity contribution >= 4 is 5.91 Å². The number of hydrogen-bond acceptors (Lipinski definition) is 4. The Morgan fingerprint density at radius 2 is 2.04 bits per heavy atom. The summed E-state index contributed by atoms with van der Waals surface area (Å²) in [4.78, 5) is 16.7. The van der Waals surface area contributed by atoms with E-state index in [1.54, 1.807) is 24.2 Å². The fraction of sp³-hybridized carbons (Fsp3) is 0.364. The van der Waals surface area contributed by atoms with Crippen LogP contribution in [-0.4, -0.2) is 39.1 Å². The number of rotatable bonds is 6. The molecule has 28 heavy (non-hydrogen) atoms. The monoisotopic (exact) mass is 378 g/mol. The first-order valence-corrected chi connectivity index (χ1v) is 9.77. The van der Waals surface area contributed by atoms with E-state index in [1.165, 1.54) is 11.1 Å². The fourth-order valence-electron chi connectivity index (χ4n) is 3.68. The number of nitrogens with zero attached hydrogens (tertiary/aromatic N) is 4. The van der Waals surface area contributed by atoms with E-state index >= 15 is 0 Å². The normalized spacial score (nSPS) is 14.1. The molecule has 0 unspecified atom stereocenters. The highest BCUT2D eigenvalue weighted by Gasteiger charge is 2.20. The molecule has 0 radical (unpaired) electrons. The van der Waals surface area contributed by atoms with Gasteiger partial charge < -0.3 is 9.32 Å². The molecule has 1 amide bonds. The summed E-state index contributed by atoms with van der Waals surface area (Å²) in [6.45, 7) is 6.01. The van der Waals surface area contributed by atoms with Crippen LogP contribution in [0, 0.1) is 0 Å². The second-order valence-electron chi connectivity index (χ2n) is 7.36. The van der Waals surface area contributed by atoms with Crippen molar-refractivity contribution in [2.24, 2.45) is 0 Å². The van der Waals surface area contributed by atoms with Gasteiger partial charge in [0, 0.05) is 45.0 Å². The highest BCUT2D eigenvalue weighted by atomic mass is 16.4. The average molecular weight is 378 g/mol. The van der Waals surface area contributed by atoms with Gasteiger partial charge in [0.15, 0.2) is 5.76 Å². The summed E-state index contributed by atoms with van der Waals surface area (Å²) in [7, 11) is 1.79. The van der Waals surface area contributed by atoms with Crippen LogP contribution in [0.4, 0.5) is 0 Å². The van der Waals surface area contributed by atoms with Gasteiger partial charge >= 0.3 is 0 Å². The maximum Gasteiger partial charge on any atom is 0.289 e. The largest absolute Gasteiger partial charge is 0.455 e. The number of furan rings is 1. The lowest BCUT2D eigenvalue weighted by molar-refractivity contribution is 0.0749. The third kappa shape index (κ3) is 4.02. The minimum Gasteiger partial charge on any atom is -0.455 e. The molecule has 0 fully saturated rings. The predicted octanol–water partition coefficient (Wildman–Crippen LogP) is 3.33. The molecule has 0 spiro atoms. The molecule has 3 heterocycles. The predicted molar refractivity (Wildman–Crippen MR) is 107 cm³/mol. The van der Waals surface area contributed by atoms with Crippen LogP contribution in [0.2, 0.25) is 0 Å². The van der Waals surface area contributed by atoms with Gasteiger partial charge in [-0.05, 0) is 36.6 Å². The Bertz CT molecular complexity index is 959. The SMILES string of the molecule is CCn1cc(CN(C)C(=O)c2ccc(CN3CCc4ccccc4C3)o2)cn1. The summed E-state index contributed by atoms with van der Waals surface area (Å²) >= 11 is 0. The molecule has 0 atom stereocenters. The third-order valence-electron chi connectivity index (χ3n) is 5.24. The lowest BCUT2D eigenvalue weighted by atomic mass is 10.00. The molecule has 4 rings (SSSR count). The number of carbonyl (C=O) groups excluding carboxylic acids is 1. The van der Waals surface area contributed by atoms with Gasteiger partial charge in [-0.2, -0.15) is 5.10 Å². The first kappa shape index (κ1) is 18.5. The van der Waals surface area contributed by atoms with E-state index in [4.69, 9.17) is 4.42 Å². The standard InChI is InChI=1S/C22H26N4O2/c1-3-26-14-17(12-23-26)13-24(2)22(27)21-9-8-20(28-21)16-25-11-10-18-6-4-5-7-19(18)15-25/h4-9,12,14H,3,10-11,13,15-16H2,1-2H3. The zero-order valence-electron chi connectivity index (χ0n) is 16.5. The summed E-state index contributed by atoms with van der Waals surface area (Å²) in [5, 5.41) is 4.25. The summed E-state index contributed by atoms with van der Waals surface area (Å²) < 4.78 is 7.72. The molecule has 0 aliphatic carbocycles. The number of aromatic nitrogens is 2. The maximum absolute atomic E-state index is 12.7. The molecule has 1 aliphatic heterocycles. The molecule has 0 bridgehead atoms. The molecule has 1 aliphatic rings. The molecule has 0 saturated carbocycles. The van der Waals surface area contributed by atoms with Crippen LogP contribution < -0.4 is 0 Å². The number of aryl methyl sites for hydroxylation is 1. The van der Waals surface area contributed by atoms with Crippen molar-refractivity contribution in [2.75, 3.05) is 13.6 Å². The van der Waals surface area contributed by atoms with Crippen LogP contribution >= 0.6 is 0 Å². The Labute approximate surface area is 165 Å². The average Bonchev–Trinajstić information content (AvgIpc) is 3.36. The van der Waals surface area contributed by atoms with Gasteiger partial charge in [0.25, 0.3) is 5.91 Å². The van der Waals surface area contributed by atoms with Crippen molar-refractivity contribution in [2.45, 2.75) is 39.5 Å². The molecule has 1 aromatic carbocycles. The van der Waals surface area contributed by atoms with Crippen LogP contribution in [0.3, 0.4) is 0 Å². The van der Waals surface area contributed by atoms with Gasteiger partial charge in [-0.1, -0.05) is 24.3 Å². The highest BCUT2D eigenvalue weighted by Crippen LogP contribution is 2.21. The second kappa shape index (κ2) is 8.02. The Hall–Kier alpha value is -2.86. The first-order chi connectivity index (χ1) is 13.6. The third-order valence-corrected chi connectivity index (χ3v) is 5.24. The Morgan fingerprint density at radius 3 is 2.82 bits per heavy atom. The highest BCUT2D eigenvalue weighted by molar-refractivity contribution is 5.91. The van der Waals surface area contributed by atoms with Gasteiger partial charge in [-0.3, -0.25) is 14.4 Å².